The Balaban J connectivity index is 1.36. The molecule has 0 spiro atoms. The van der Waals surface area contributed by atoms with Crippen molar-refractivity contribution in [2.75, 3.05) is 13.7 Å². The van der Waals surface area contributed by atoms with Gasteiger partial charge >= 0.3 is 19.8 Å². The SMILES string of the molecule is COC(=O)C(Cc1c[nH]c2ccccc12)N=[P+]([O-])OOCC1OC(n2cc(F)c(=O)[nH]c2=O)CC1O. The van der Waals surface area contributed by atoms with E-state index in [0.29, 0.717) is 6.20 Å². The topological polar surface area (TPSA) is 180 Å². The molecule has 2 aromatic heterocycles. The van der Waals surface area contributed by atoms with Crippen LogP contribution < -0.4 is 16.1 Å². The van der Waals surface area contributed by atoms with Gasteiger partial charge in [0, 0.05) is 34.6 Å². The van der Waals surface area contributed by atoms with Gasteiger partial charge in [0.25, 0.3) is 5.56 Å². The number of aliphatic hydroxyl groups excluding tert-OH is 1. The monoisotopic (exact) mass is 524 g/mol. The number of hydrogen-bond donors (Lipinski definition) is 3. The number of aliphatic hydroxyl groups is 1. The molecule has 0 bridgehead atoms. The molecule has 3 heterocycles. The van der Waals surface area contributed by atoms with Crippen LogP contribution >= 0.6 is 8.17 Å². The van der Waals surface area contributed by atoms with Crippen LogP contribution in [0.4, 0.5) is 4.39 Å². The number of para-hydroxylation sites is 1. The average Bonchev–Trinajstić information content (AvgIpc) is 3.43. The number of benzene rings is 1. The van der Waals surface area contributed by atoms with Crippen LogP contribution in [-0.2, 0) is 30.3 Å². The quantitative estimate of drug-likeness (QED) is 0.154. The standard InChI is InChI=1S/C21H22FN4O9P/c1-32-20(29)15(6-11-8-23-14-5-3-2-4-12(11)14)25-36(31)35-33-10-17-16(27)7-18(34-17)26-9-13(22)19(28)24-21(26)30/h2-5,8-9,15-18,23,27H,6-7,10H2,1H3,(H,24,28,30). The highest BCUT2D eigenvalue weighted by atomic mass is 31.1. The first-order valence-corrected chi connectivity index (χ1v) is 11.8. The molecule has 1 aromatic carbocycles. The number of rotatable bonds is 9. The van der Waals surface area contributed by atoms with Gasteiger partial charge in [0.2, 0.25) is 5.82 Å². The van der Waals surface area contributed by atoms with Crippen LogP contribution in [0.2, 0.25) is 0 Å². The predicted molar refractivity (Wildman–Crippen MR) is 120 cm³/mol. The molecule has 36 heavy (non-hydrogen) atoms. The Morgan fingerprint density at radius 1 is 1.42 bits per heavy atom. The summed E-state index contributed by atoms with van der Waals surface area (Å²) in [4.78, 5) is 57.4. The van der Waals surface area contributed by atoms with E-state index in [4.69, 9.17) is 19.0 Å². The van der Waals surface area contributed by atoms with E-state index < -0.39 is 62.3 Å². The Labute approximate surface area is 203 Å². The van der Waals surface area contributed by atoms with Gasteiger partial charge in [-0.05, 0) is 11.6 Å². The van der Waals surface area contributed by atoms with Crippen LogP contribution in [0, 0.1) is 5.82 Å². The van der Waals surface area contributed by atoms with Crippen molar-refractivity contribution in [1.29, 1.82) is 0 Å². The summed E-state index contributed by atoms with van der Waals surface area (Å²) in [5.74, 6) is -1.91. The third-order valence-corrected chi connectivity index (χ3v) is 6.28. The highest BCUT2D eigenvalue weighted by Gasteiger charge is 2.36. The molecule has 1 saturated heterocycles. The van der Waals surface area contributed by atoms with Crippen LogP contribution in [0.15, 0.2) is 51.0 Å². The number of methoxy groups -OCH3 is 1. The Hall–Kier alpha value is -3.26. The van der Waals surface area contributed by atoms with Gasteiger partial charge in [0.1, 0.15) is 18.9 Å². The lowest BCUT2D eigenvalue weighted by Crippen LogP contribution is -2.34. The van der Waals surface area contributed by atoms with Crippen molar-refractivity contribution in [3.8, 4) is 0 Å². The number of hydrogen-bond acceptors (Lipinski definition) is 10. The lowest BCUT2D eigenvalue weighted by molar-refractivity contribution is -0.277. The summed E-state index contributed by atoms with van der Waals surface area (Å²) in [5, 5.41) is 11.1. The first kappa shape index (κ1) is 25.8. The smallest absolute Gasteiger partial charge is 0.382 e. The third kappa shape index (κ3) is 5.75. The molecule has 0 saturated carbocycles. The number of nitrogens with zero attached hydrogens (tertiary/aromatic N) is 2. The maximum Gasteiger partial charge on any atom is 0.382 e. The summed E-state index contributed by atoms with van der Waals surface area (Å²) >= 11 is 0. The van der Waals surface area contributed by atoms with Gasteiger partial charge in [-0.15, -0.1) is 0 Å². The molecule has 0 aliphatic carbocycles. The Bertz CT molecular complexity index is 1390. The summed E-state index contributed by atoms with van der Waals surface area (Å²) in [6.45, 7) is -0.416. The number of carbonyl (C=O) groups excluding carboxylic acids is 1. The summed E-state index contributed by atoms with van der Waals surface area (Å²) in [6.07, 6.45) is -0.860. The zero-order valence-electron chi connectivity index (χ0n) is 18.8. The van der Waals surface area contributed by atoms with E-state index in [0.717, 1.165) is 21.0 Å². The molecule has 1 fully saturated rings. The lowest BCUT2D eigenvalue weighted by Gasteiger charge is -2.14. The lowest BCUT2D eigenvalue weighted by atomic mass is 10.1. The first-order chi connectivity index (χ1) is 17.3. The van der Waals surface area contributed by atoms with Gasteiger partial charge in [0.05, 0.1) is 19.4 Å². The van der Waals surface area contributed by atoms with Crippen LogP contribution in [-0.4, -0.2) is 57.6 Å². The molecular weight excluding hydrogens is 502 g/mol. The van der Waals surface area contributed by atoms with Crippen LogP contribution in [0.3, 0.4) is 0 Å². The molecule has 3 N–H and O–H groups in total. The fraction of sp³-hybridized carbons (Fsp3) is 0.381. The van der Waals surface area contributed by atoms with Gasteiger partial charge < -0.3 is 24.5 Å². The largest absolute Gasteiger partial charge is 0.581 e. The second-order valence-electron chi connectivity index (χ2n) is 7.89. The highest BCUT2D eigenvalue weighted by molar-refractivity contribution is 7.33. The van der Waals surface area contributed by atoms with Crippen LogP contribution in [0.25, 0.3) is 10.9 Å². The van der Waals surface area contributed by atoms with E-state index in [9.17, 15) is 28.8 Å². The van der Waals surface area contributed by atoms with Crippen molar-refractivity contribution in [3.05, 3.63) is 68.9 Å². The molecule has 3 aromatic rings. The number of esters is 1. The van der Waals surface area contributed by atoms with E-state index in [1.165, 1.54) is 7.11 Å². The normalized spacial score (nSPS) is 21.1. The molecular formula is C21H22FN4O9P. The second kappa shape index (κ2) is 11.2. The van der Waals surface area contributed by atoms with Gasteiger partial charge in [-0.3, -0.25) is 14.3 Å². The van der Waals surface area contributed by atoms with Crippen molar-refractivity contribution < 1.29 is 38.2 Å². The number of aromatic amines is 2. The number of nitrogens with one attached hydrogen (secondary N) is 2. The minimum absolute atomic E-state index is 0.0950. The second-order valence-corrected chi connectivity index (χ2v) is 8.75. The minimum Gasteiger partial charge on any atom is -0.581 e. The minimum atomic E-state index is -2.83. The number of carbonyl (C=O) groups is 1. The molecule has 5 unspecified atom stereocenters. The van der Waals surface area contributed by atoms with Crippen molar-refractivity contribution in [2.45, 2.75) is 37.3 Å². The van der Waals surface area contributed by atoms with E-state index in [2.05, 4.69) is 9.73 Å². The van der Waals surface area contributed by atoms with Crippen LogP contribution in [0.5, 0.6) is 0 Å². The molecule has 13 nitrogen and oxygen atoms in total. The number of ether oxygens (including phenoxy) is 2. The first-order valence-electron chi connectivity index (χ1n) is 10.7. The van der Waals surface area contributed by atoms with Crippen LogP contribution in [0.1, 0.15) is 18.2 Å². The maximum absolute atomic E-state index is 13.5. The van der Waals surface area contributed by atoms with Crippen molar-refractivity contribution in [3.63, 3.8) is 0 Å². The summed E-state index contributed by atoms with van der Waals surface area (Å²) in [5.41, 5.74) is -0.468. The molecule has 5 atom stereocenters. The van der Waals surface area contributed by atoms with E-state index in [1.807, 2.05) is 24.3 Å². The zero-order chi connectivity index (χ0) is 25.8. The fourth-order valence-electron chi connectivity index (χ4n) is 3.80. The van der Waals surface area contributed by atoms with E-state index in [1.54, 1.807) is 11.2 Å². The summed E-state index contributed by atoms with van der Waals surface area (Å²) in [7, 11) is -1.65. The number of aromatic nitrogens is 3. The highest BCUT2D eigenvalue weighted by Crippen LogP contribution is 2.29. The Morgan fingerprint density at radius 2 is 2.19 bits per heavy atom. The molecule has 192 valence electrons. The third-order valence-electron chi connectivity index (χ3n) is 5.58. The Kier molecular flexibility index (Phi) is 8.04. The number of H-pyrrole nitrogens is 2. The Morgan fingerprint density at radius 3 is 2.97 bits per heavy atom. The van der Waals surface area contributed by atoms with Gasteiger partial charge in [-0.25, -0.2) is 9.59 Å². The van der Waals surface area contributed by atoms with E-state index >= 15 is 0 Å². The van der Waals surface area contributed by atoms with Gasteiger partial charge in [0.15, 0.2) is 6.04 Å². The van der Waals surface area contributed by atoms with E-state index in [-0.39, 0.29) is 12.8 Å². The fourth-order valence-corrected chi connectivity index (χ4v) is 4.40. The average molecular weight is 524 g/mol. The van der Waals surface area contributed by atoms with Gasteiger partial charge in [-0.1, -0.05) is 22.9 Å². The molecule has 0 amide bonds. The molecule has 4 rings (SSSR count). The molecule has 1 aliphatic rings. The molecule has 0 radical (unpaired) electrons. The zero-order valence-corrected chi connectivity index (χ0v) is 19.7. The molecule has 1 aliphatic heterocycles. The van der Waals surface area contributed by atoms with Crippen molar-refractivity contribution in [1.82, 2.24) is 14.5 Å². The number of halogens is 1. The summed E-state index contributed by atoms with van der Waals surface area (Å²) in [6, 6.07) is 6.30. The molecule has 15 heteroatoms. The van der Waals surface area contributed by atoms with Gasteiger partial charge in [-0.2, -0.15) is 9.28 Å². The van der Waals surface area contributed by atoms with Crippen molar-refractivity contribution in [2.24, 2.45) is 4.74 Å². The maximum atomic E-state index is 13.5. The summed E-state index contributed by atoms with van der Waals surface area (Å²) < 4.78 is 33.2. The predicted octanol–water partition coefficient (Wildman–Crippen LogP) is 0.394. The number of fused-ring (bicyclic) bond motifs is 1. The van der Waals surface area contributed by atoms with Crippen molar-refractivity contribution >= 4 is 25.0 Å².